The Labute approximate surface area is 170 Å². The number of amides is 4. The third kappa shape index (κ3) is 5.34. The van der Waals surface area contributed by atoms with Gasteiger partial charge in [-0.05, 0) is 44.4 Å². The first-order valence-electron chi connectivity index (χ1n) is 9.75. The Morgan fingerprint density at radius 2 is 1.72 bits per heavy atom. The SMILES string of the molecule is C[C@H](CCc1ccccc1)NC(=O)[C@H](C)NC(=O)N1CC(=O)Nc2ccccc21. The highest BCUT2D eigenvalue weighted by molar-refractivity contribution is 6.10. The van der Waals surface area contributed by atoms with E-state index >= 15 is 0 Å². The van der Waals surface area contributed by atoms with Crippen LogP contribution in [0.15, 0.2) is 54.6 Å². The molecular weight excluding hydrogens is 368 g/mol. The highest BCUT2D eigenvalue weighted by Gasteiger charge is 2.28. The second-order valence-corrected chi connectivity index (χ2v) is 7.26. The molecule has 0 saturated heterocycles. The summed E-state index contributed by atoms with van der Waals surface area (Å²) in [6.07, 6.45) is 1.67. The molecule has 0 bridgehead atoms. The van der Waals surface area contributed by atoms with Crippen LogP contribution in [0.5, 0.6) is 0 Å². The van der Waals surface area contributed by atoms with Crippen molar-refractivity contribution in [1.82, 2.24) is 10.6 Å². The second-order valence-electron chi connectivity index (χ2n) is 7.26. The summed E-state index contributed by atoms with van der Waals surface area (Å²) in [7, 11) is 0. The van der Waals surface area contributed by atoms with Crippen molar-refractivity contribution < 1.29 is 14.4 Å². The Morgan fingerprint density at radius 1 is 1.03 bits per heavy atom. The summed E-state index contributed by atoms with van der Waals surface area (Å²) in [5.74, 6) is -0.529. The molecule has 0 radical (unpaired) electrons. The van der Waals surface area contributed by atoms with E-state index in [0.717, 1.165) is 12.8 Å². The molecule has 4 amide bonds. The van der Waals surface area contributed by atoms with Gasteiger partial charge in [-0.2, -0.15) is 0 Å². The molecule has 0 spiro atoms. The van der Waals surface area contributed by atoms with Gasteiger partial charge in [0.2, 0.25) is 11.8 Å². The first-order chi connectivity index (χ1) is 13.9. The molecule has 3 N–H and O–H groups in total. The van der Waals surface area contributed by atoms with Gasteiger partial charge in [-0.15, -0.1) is 0 Å². The zero-order valence-corrected chi connectivity index (χ0v) is 16.6. The topological polar surface area (TPSA) is 90.5 Å². The Balaban J connectivity index is 1.53. The number of hydrogen-bond acceptors (Lipinski definition) is 3. The number of nitrogens with one attached hydrogen (secondary N) is 3. The summed E-state index contributed by atoms with van der Waals surface area (Å²) >= 11 is 0. The number of fused-ring (bicyclic) bond motifs is 1. The fourth-order valence-electron chi connectivity index (χ4n) is 3.21. The third-order valence-corrected chi connectivity index (χ3v) is 4.85. The van der Waals surface area contributed by atoms with E-state index in [1.165, 1.54) is 10.5 Å². The standard InChI is InChI=1S/C22H26N4O3/c1-15(12-13-17-8-4-3-5-9-17)23-21(28)16(2)24-22(29)26-14-20(27)25-18-10-6-7-11-19(18)26/h3-11,15-16H,12-14H2,1-2H3,(H,23,28)(H,24,29)(H,25,27)/t15-,16+/m1/s1. The van der Waals surface area contributed by atoms with Gasteiger partial charge in [0.25, 0.3) is 0 Å². The number of benzene rings is 2. The van der Waals surface area contributed by atoms with E-state index < -0.39 is 12.1 Å². The van der Waals surface area contributed by atoms with Crippen LogP contribution in [0, 0.1) is 0 Å². The number of carbonyl (C=O) groups excluding carboxylic acids is 3. The minimum Gasteiger partial charge on any atom is -0.352 e. The van der Waals surface area contributed by atoms with Gasteiger partial charge in [-0.25, -0.2) is 4.79 Å². The van der Waals surface area contributed by atoms with Crippen LogP contribution in [-0.2, 0) is 16.0 Å². The number of hydrogen-bond donors (Lipinski definition) is 3. The molecule has 7 heteroatoms. The smallest absolute Gasteiger partial charge is 0.323 e. The van der Waals surface area contributed by atoms with Gasteiger partial charge >= 0.3 is 6.03 Å². The Bertz CT molecular complexity index is 885. The molecule has 1 heterocycles. The van der Waals surface area contributed by atoms with Crippen molar-refractivity contribution in [1.29, 1.82) is 0 Å². The number of rotatable bonds is 6. The van der Waals surface area contributed by atoms with Gasteiger partial charge in [-0.3, -0.25) is 14.5 Å². The predicted molar refractivity (Wildman–Crippen MR) is 113 cm³/mol. The molecular formula is C22H26N4O3. The van der Waals surface area contributed by atoms with Crippen LogP contribution in [0.1, 0.15) is 25.8 Å². The van der Waals surface area contributed by atoms with E-state index in [9.17, 15) is 14.4 Å². The maximum atomic E-state index is 12.7. The average Bonchev–Trinajstić information content (AvgIpc) is 2.72. The van der Waals surface area contributed by atoms with Gasteiger partial charge in [0.1, 0.15) is 12.6 Å². The Kier molecular flexibility index (Phi) is 6.49. The fraction of sp³-hybridized carbons (Fsp3) is 0.318. The molecule has 1 aliphatic rings. The van der Waals surface area contributed by atoms with Crippen molar-refractivity contribution in [3.8, 4) is 0 Å². The molecule has 0 fully saturated rings. The molecule has 2 atom stereocenters. The molecule has 0 unspecified atom stereocenters. The number of aryl methyl sites for hydroxylation is 1. The van der Waals surface area contributed by atoms with E-state index in [4.69, 9.17) is 0 Å². The molecule has 0 aliphatic carbocycles. The van der Waals surface area contributed by atoms with Crippen molar-refractivity contribution >= 4 is 29.2 Å². The second kappa shape index (κ2) is 9.23. The average molecular weight is 394 g/mol. The number of carbonyl (C=O) groups is 3. The van der Waals surface area contributed by atoms with Gasteiger partial charge < -0.3 is 16.0 Å². The number of anilines is 2. The van der Waals surface area contributed by atoms with E-state index in [1.807, 2.05) is 25.1 Å². The van der Waals surface area contributed by atoms with E-state index in [0.29, 0.717) is 11.4 Å². The minimum atomic E-state index is -0.723. The van der Waals surface area contributed by atoms with Crippen LogP contribution in [0.3, 0.4) is 0 Å². The first kappa shape index (κ1) is 20.4. The fourth-order valence-corrected chi connectivity index (χ4v) is 3.21. The quantitative estimate of drug-likeness (QED) is 0.704. The van der Waals surface area contributed by atoms with Crippen LogP contribution in [0.2, 0.25) is 0 Å². The van der Waals surface area contributed by atoms with Gasteiger partial charge in [0.05, 0.1) is 11.4 Å². The Morgan fingerprint density at radius 3 is 2.48 bits per heavy atom. The lowest BCUT2D eigenvalue weighted by Gasteiger charge is -2.30. The molecule has 7 nitrogen and oxygen atoms in total. The zero-order chi connectivity index (χ0) is 20.8. The molecule has 0 saturated carbocycles. The van der Waals surface area contributed by atoms with Crippen molar-refractivity contribution in [2.75, 3.05) is 16.8 Å². The molecule has 0 aromatic heterocycles. The highest BCUT2D eigenvalue weighted by atomic mass is 16.2. The van der Waals surface area contributed by atoms with E-state index in [2.05, 4.69) is 28.1 Å². The lowest BCUT2D eigenvalue weighted by Crippen LogP contribution is -2.53. The maximum absolute atomic E-state index is 12.7. The van der Waals surface area contributed by atoms with Crippen molar-refractivity contribution in [2.45, 2.75) is 38.8 Å². The van der Waals surface area contributed by atoms with Crippen molar-refractivity contribution in [3.63, 3.8) is 0 Å². The zero-order valence-electron chi connectivity index (χ0n) is 16.6. The van der Waals surface area contributed by atoms with E-state index in [1.54, 1.807) is 31.2 Å². The lowest BCUT2D eigenvalue weighted by molar-refractivity contribution is -0.123. The van der Waals surface area contributed by atoms with Crippen molar-refractivity contribution in [3.05, 3.63) is 60.2 Å². The summed E-state index contributed by atoms with van der Waals surface area (Å²) in [5, 5.41) is 8.35. The van der Waals surface area contributed by atoms with Gasteiger partial charge in [0.15, 0.2) is 0 Å². The van der Waals surface area contributed by atoms with Crippen LogP contribution in [0.25, 0.3) is 0 Å². The van der Waals surface area contributed by atoms with Crippen LogP contribution in [0.4, 0.5) is 16.2 Å². The minimum absolute atomic E-state index is 0.0245. The largest absolute Gasteiger partial charge is 0.352 e. The van der Waals surface area contributed by atoms with Crippen molar-refractivity contribution in [2.24, 2.45) is 0 Å². The summed E-state index contributed by atoms with van der Waals surface area (Å²) in [6, 6.07) is 15.9. The summed E-state index contributed by atoms with van der Waals surface area (Å²) in [6.45, 7) is 3.48. The first-order valence-corrected chi connectivity index (χ1v) is 9.75. The Hall–Kier alpha value is -3.35. The van der Waals surface area contributed by atoms with Gasteiger partial charge in [0, 0.05) is 6.04 Å². The predicted octanol–water partition coefficient (Wildman–Crippen LogP) is 2.68. The van der Waals surface area contributed by atoms with Crippen LogP contribution >= 0.6 is 0 Å². The normalized spacial score (nSPS) is 15.0. The van der Waals surface area contributed by atoms with E-state index in [-0.39, 0.29) is 24.4 Å². The lowest BCUT2D eigenvalue weighted by atomic mass is 10.1. The molecule has 2 aromatic rings. The molecule has 29 heavy (non-hydrogen) atoms. The monoisotopic (exact) mass is 394 g/mol. The van der Waals surface area contributed by atoms with Crippen LogP contribution in [-0.4, -0.2) is 36.5 Å². The summed E-state index contributed by atoms with van der Waals surface area (Å²) in [4.78, 5) is 38.4. The van der Waals surface area contributed by atoms with Crippen LogP contribution < -0.4 is 20.9 Å². The summed E-state index contributed by atoms with van der Waals surface area (Å²) < 4.78 is 0. The van der Waals surface area contributed by atoms with Gasteiger partial charge in [-0.1, -0.05) is 42.5 Å². The highest BCUT2D eigenvalue weighted by Crippen LogP contribution is 2.28. The summed E-state index contributed by atoms with van der Waals surface area (Å²) in [5.41, 5.74) is 2.40. The molecule has 3 rings (SSSR count). The maximum Gasteiger partial charge on any atom is 0.323 e. The number of urea groups is 1. The molecule has 152 valence electrons. The number of para-hydroxylation sites is 2. The molecule has 1 aliphatic heterocycles. The third-order valence-electron chi connectivity index (χ3n) is 4.85. The number of nitrogens with zero attached hydrogens (tertiary/aromatic N) is 1. The molecule has 2 aromatic carbocycles.